The fourth-order valence-corrected chi connectivity index (χ4v) is 5.38. The van der Waals surface area contributed by atoms with Gasteiger partial charge in [0.15, 0.2) is 24.5 Å². The van der Waals surface area contributed by atoms with Gasteiger partial charge in [0.25, 0.3) is 0 Å². The number of nitrogens with zero attached hydrogens (tertiary/aromatic N) is 2. The van der Waals surface area contributed by atoms with E-state index < -0.39 is 54.5 Å². The van der Waals surface area contributed by atoms with E-state index in [1.807, 2.05) is 37.3 Å². The average molecular weight is 585 g/mol. The van der Waals surface area contributed by atoms with E-state index in [0.29, 0.717) is 17.7 Å². The van der Waals surface area contributed by atoms with Crippen molar-refractivity contribution in [2.75, 3.05) is 6.61 Å². The molecule has 11 nitrogen and oxygen atoms in total. The van der Waals surface area contributed by atoms with Crippen LogP contribution in [0.15, 0.2) is 30.3 Å². The van der Waals surface area contributed by atoms with E-state index in [1.165, 1.54) is 13.8 Å². The quantitative estimate of drug-likeness (QED) is 0.253. The van der Waals surface area contributed by atoms with E-state index in [-0.39, 0.29) is 16.8 Å². The van der Waals surface area contributed by atoms with Gasteiger partial charge in [0.05, 0.1) is 11.3 Å². The van der Waals surface area contributed by atoms with Crippen LogP contribution >= 0.6 is 12.2 Å². The molecule has 0 saturated carbocycles. The summed E-state index contributed by atoms with van der Waals surface area (Å²) < 4.78 is 30.0. The van der Waals surface area contributed by atoms with E-state index in [2.05, 4.69) is 6.07 Å². The van der Waals surface area contributed by atoms with Crippen molar-refractivity contribution in [3.63, 3.8) is 0 Å². The second kappa shape index (κ2) is 13.5. The predicted molar refractivity (Wildman–Crippen MR) is 147 cm³/mol. The molecule has 0 amide bonds. The molecular weight excluding hydrogens is 552 g/mol. The molecule has 218 valence electrons. The maximum absolute atomic E-state index is 12.4. The molecule has 1 aliphatic heterocycles. The molecule has 1 aromatic carbocycles. The molecule has 1 aromatic heterocycles. The molecular formula is C29H32N2O9S. The Balaban J connectivity index is 2.42. The number of aromatic nitrogens is 1. The van der Waals surface area contributed by atoms with E-state index in [4.69, 9.17) is 35.9 Å². The highest BCUT2D eigenvalue weighted by Gasteiger charge is 2.53. The summed E-state index contributed by atoms with van der Waals surface area (Å²) in [5, 5.41) is 10.1. The van der Waals surface area contributed by atoms with Crippen LogP contribution in [0.2, 0.25) is 0 Å². The van der Waals surface area contributed by atoms with Crippen molar-refractivity contribution >= 4 is 36.1 Å². The lowest BCUT2D eigenvalue weighted by Crippen LogP contribution is -2.60. The first-order valence-corrected chi connectivity index (χ1v) is 13.4. The standard InChI is InChI=1S/C29H32N2O9S/c1-7-21-15(2)22(13-30)29(41)31(24(21)20-11-9-8-10-12-20)28-27(39-19(6)35)26(38-18(5)34)25(37-17(4)33)23(40-28)14-36-16(3)32/h8-12,23,25-28H,7,14H2,1-6H3/t23-,25+,26+,27-,28-/m0/s1. The summed E-state index contributed by atoms with van der Waals surface area (Å²) in [6.07, 6.45) is -6.06. The molecule has 1 saturated heterocycles. The van der Waals surface area contributed by atoms with Crippen LogP contribution in [-0.2, 0) is 49.3 Å². The van der Waals surface area contributed by atoms with Crippen molar-refractivity contribution in [1.29, 1.82) is 5.26 Å². The number of esters is 4. The van der Waals surface area contributed by atoms with Gasteiger partial charge in [-0.05, 0) is 30.0 Å². The van der Waals surface area contributed by atoms with Gasteiger partial charge < -0.3 is 28.3 Å². The molecule has 12 heteroatoms. The van der Waals surface area contributed by atoms with E-state index in [0.717, 1.165) is 25.0 Å². The first kappa shape index (κ1) is 31.4. The summed E-state index contributed by atoms with van der Waals surface area (Å²) in [4.78, 5) is 48.5. The minimum atomic E-state index is -1.39. The number of carbonyl (C=O) groups excluding carboxylic acids is 4. The van der Waals surface area contributed by atoms with Crippen LogP contribution in [0.4, 0.5) is 0 Å². The Morgan fingerprint density at radius 2 is 1.49 bits per heavy atom. The third kappa shape index (κ3) is 6.99. The van der Waals surface area contributed by atoms with Crippen LogP contribution in [0.3, 0.4) is 0 Å². The van der Waals surface area contributed by atoms with E-state index in [9.17, 15) is 24.4 Å². The molecule has 5 atom stereocenters. The predicted octanol–water partition coefficient (Wildman–Crippen LogP) is 3.88. The molecule has 0 bridgehead atoms. The number of hydrogen-bond acceptors (Lipinski definition) is 11. The van der Waals surface area contributed by atoms with Crippen molar-refractivity contribution in [3.05, 3.63) is 51.7 Å². The third-order valence-electron chi connectivity index (χ3n) is 6.52. The number of rotatable bonds is 8. The molecule has 0 radical (unpaired) electrons. The topological polar surface area (TPSA) is 143 Å². The van der Waals surface area contributed by atoms with Gasteiger partial charge in [-0.2, -0.15) is 5.26 Å². The molecule has 1 fully saturated rings. The highest BCUT2D eigenvalue weighted by Crippen LogP contribution is 2.40. The van der Waals surface area contributed by atoms with Gasteiger partial charge in [-0.1, -0.05) is 49.5 Å². The zero-order valence-corrected chi connectivity index (χ0v) is 24.5. The molecule has 2 heterocycles. The van der Waals surface area contributed by atoms with E-state index >= 15 is 0 Å². The average Bonchev–Trinajstić information content (AvgIpc) is 2.90. The number of nitriles is 1. The lowest BCUT2D eigenvalue weighted by molar-refractivity contribution is -0.268. The molecule has 3 rings (SSSR count). The van der Waals surface area contributed by atoms with Crippen molar-refractivity contribution in [2.45, 2.75) is 78.6 Å². The largest absolute Gasteiger partial charge is 0.463 e. The minimum Gasteiger partial charge on any atom is -0.463 e. The van der Waals surface area contributed by atoms with Gasteiger partial charge in [-0.3, -0.25) is 19.2 Å². The van der Waals surface area contributed by atoms with Gasteiger partial charge in [0, 0.05) is 27.7 Å². The first-order valence-electron chi connectivity index (χ1n) is 12.9. The highest BCUT2D eigenvalue weighted by molar-refractivity contribution is 7.71. The van der Waals surface area contributed by atoms with Crippen LogP contribution in [-0.4, -0.2) is 59.5 Å². The maximum atomic E-state index is 12.4. The summed E-state index contributed by atoms with van der Waals surface area (Å²) in [7, 11) is 0. The van der Waals surface area contributed by atoms with Gasteiger partial charge in [-0.25, -0.2) is 0 Å². The third-order valence-corrected chi connectivity index (χ3v) is 6.92. The molecule has 0 N–H and O–H groups in total. The Morgan fingerprint density at radius 3 is 2.00 bits per heavy atom. The van der Waals surface area contributed by atoms with Crippen LogP contribution in [0.25, 0.3) is 11.3 Å². The zero-order valence-electron chi connectivity index (χ0n) is 23.7. The lowest BCUT2D eigenvalue weighted by atomic mass is 9.93. The van der Waals surface area contributed by atoms with Crippen LogP contribution < -0.4 is 0 Å². The summed E-state index contributed by atoms with van der Waals surface area (Å²) in [6, 6.07) is 11.4. The second-order valence-corrected chi connectivity index (χ2v) is 9.81. The van der Waals surface area contributed by atoms with Crippen molar-refractivity contribution in [1.82, 2.24) is 4.57 Å². The Hall–Kier alpha value is -4.08. The summed E-state index contributed by atoms with van der Waals surface area (Å²) in [6.45, 7) is 8.00. The van der Waals surface area contributed by atoms with E-state index in [1.54, 1.807) is 11.5 Å². The van der Waals surface area contributed by atoms with Crippen LogP contribution in [0.5, 0.6) is 0 Å². The SMILES string of the molecule is CCc1c(C)c(C#N)c(=S)n([C@H]2O[C@@H](COC(C)=O)[C@@H](OC(C)=O)[C@@H](OC(C)=O)[C@@H]2OC(C)=O)c1-c1ccccc1. The Bertz CT molecular complexity index is 1430. The van der Waals surface area contributed by atoms with Gasteiger partial charge in [0.2, 0.25) is 0 Å². The van der Waals surface area contributed by atoms with Gasteiger partial charge >= 0.3 is 23.9 Å². The number of hydrogen-bond donors (Lipinski definition) is 0. The summed E-state index contributed by atoms with van der Waals surface area (Å²) in [5.74, 6) is -2.86. The molecule has 0 unspecified atom stereocenters. The Labute approximate surface area is 242 Å². The normalized spacial score (nSPS) is 21.7. The van der Waals surface area contributed by atoms with Crippen LogP contribution in [0, 0.1) is 22.9 Å². The molecule has 0 aliphatic carbocycles. The minimum absolute atomic E-state index is 0.0851. The van der Waals surface area contributed by atoms with Crippen molar-refractivity contribution in [3.8, 4) is 17.3 Å². The maximum Gasteiger partial charge on any atom is 0.303 e. The highest BCUT2D eigenvalue weighted by atomic mass is 32.1. The number of carbonyl (C=O) groups is 4. The number of pyridine rings is 1. The van der Waals surface area contributed by atoms with Crippen molar-refractivity contribution in [2.24, 2.45) is 0 Å². The fraction of sp³-hybridized carbons (Fsp3) is 0.448. The molecule has 0 spiro atoms. The van der Waals surface area contributed by atoms with Crippen molar-refractivity contribution < 1.29 is 42.9 Å². The monoisotopic (exact) mass is 584 g/mol. The summed E-state index contributed by atoms with van der Waals surface area (Å²) >= 11 is 5.83. The second-order valence-electron chi connectivity index (χ2n) is 9.42. The fourth-order valence-electron chi connectivity index (χ4n) is 4.99. The van der Waals surface area contributed by atoms with Gasteiger partial charge in [-0.15, -0.1) is 0 Å². The Morgan fingerprint density at radius 1 is 0.927 bits per heavy atom. The first-order chi connectivity index (χ1) is 19.4. The molecule has 2 aromatic rings. The van der Waals surface area contributed by atoms with Crippen LogP contribution in [0.1, 0.15) is 57.5 Å². The lowest BCUT2D eigenvalue weighted by Gasteiger charge is -2.45. The number of ether oxygens (including phenoxy) is 5. The molecule has 1 aliphatic rings. The van der Waals surface area contributed by atoms with Gasteiger partial charge in [0.1, 0.15) is 23.4 Å². The Kier molecular flexibility index (Phi) is 10.4. The zero-order chi connectivity index (χ0) is 30.4. The smallest absolute Gasteiger partial charge is 0.303 e. The molecule has 41 heavy (non-hydrogen) atoms. The number of benzene rings is 1. The summed E-state index contributed by atoms with van der Waals surface area (Å²) in [5.41, 5.74) is 3.01.